The highest BCUT2D eigenvalue weighted by molar-refractivity contribution is 6.34. The topological polar surface area (TPSA) is 47.4 Å². The average molecular weight is 362 g/mol. The normalized spacial score (nSPS) is 17.6. The summed E-state index contributed by atoms with van der Waals surface area (Å²) in [6.45, 7) is 5.92. The van der Waals surface area contributed by atoms with Crippen LogP contribution in [-0.2, 0) is 7.05 Å². The molecule has 1 aliphatic heterocycles. The molecule has 2 aromatic rings. The van der Waals surface area contributed by atoms with Crippen LogP contribution in [0, 0.1) is 19.8 Å². The van der Waals surface area contributed by atoms with Gasteiger partial charge in [-0.05, 0) is 38.8 Å². The summed E-state index contributed by atoms with van der Waals surface area (Å²) < 4.78 is 7.48. The lowest BCUT2D eigenvalue weighted by Crippen LogP contribution is -2.42. The maximum atomic E-state index is 12.9. The summed E-state index contributed by atoms with van der Waals surface area (Å²) in [6, 6.07) is 8.05. The fourth-order valence-electron chi connectivity index (χ4n) is 3.25. The average Bonchev–Trinajstić information content (AvgIpc) is 2.86. The van der Waals surface area contributed by atoms with Crippen molar-refractivity contribution in [1.29, 1.82) is 0 Å². The van der Waals surface area contributed by atoms with Crippen LogP contribution in [0.1, 0.15) is 34.6 Å². The van der Waals surface area contributed by atoms with Gasteiger partial charge in [0.2, 0.25) is 0 Å². The Bertz CT molecular complexity index is 755. The van der Waals surface area contributed by atoms with Gasteiger partial charge in [-0.3, -0.25) is 9.48 Å². The van der Waals surface area contributed by atoms with Crippen LogP contribution in [0.3, 0.4) is 0 Å². The van der Waals surface area contributed by atoms with Gasteiger partial charge in [-0.25, -0.2) is 0 Å². The summed E-state index contributed by atoms with van der Waals surface area (Å²) in [5.41, 5.74) is 2.37. The van der Waals surface area contributed by atoms with Gasteiger partial charge in [0.05, 0.1) is 17.3 Å². The Morgan fingerprint density at radius 2 is 2.04 bits per heavy atom. The summed E-state index contributed by atoms with van der Waals surface area (Å²) in [5, 5.41) is 4.69. The Morgan fingerprint density at radius 3 is 2.68 bits per heavy atom. The molecule has 5 nitrogen and oxygen atoms in total. The lowest BCUT2D eigenvalue weighted by Gasteiger charge is -2.32. The molecule has 0 saturated carbocycles. The van der Waals surface area contributed by atoms with Crippen molar-refractivity contribution in [3.05, 3.63) is 46.2 Å². The second-order valence-corrected chi connectivity index (χ2v) is 7.13. The Labute approximate surface area is 153 Å². The van der Waals surface area contributed by atoms with E-state index in [1.165, 1.54) is 5.56 Å². The van der Waals surface area contributed by atoms with Crippen molar-refractivity contribution in [2.75, 3.05) is 19.7 Å². The summed E-state index contributed by atoms with van der Waals surface area (Å²) in [6.07, 6.45) is 2.04. The molecule has 25 heavy (non-hydrogen) atoms. The van der Waals surface area contributed by atoms with Crippen molar-refractivity contribution >= 4 is 17.5 Å². The number of halogens is 1. The number of hydrogen-bond acceptors (Lipinski definition) is 3. The van der Waals surface area contributed by atoms with Crippen molar-refractivity contribution in [2.24, 2.45) is 13.0 Å². The number of ether oxygens (including phenoxy) is 1. The van der Waals surface area contributed by atoms with Gasteiger partial charge < -0.3 is 9.64 Å². The molecule has 0 N–H and O–H groups in total. The van der Waals surface area contributed by atoms with Crippen LogP contribution in [0.15, 0.2) is 24.3 Å². The van der Waals surface area contributed by atoms with Crippen LogP contribution in [0.4, 0.5) is 0 Å². The molecule has 1 fully saturated rings. The first-order chi connectivity index (χ1) is 12.0. The van der Waals surface area contributed by atoms with Crippen LogP contribution < -0.4 is 4.74 Å². The molecule has 0 radical (unpaired) electrons. The maximum absolute atomic E-state index is 12.9. The quantitative estimate of drug-likeness (QED) is 0.835. The zero-order valence-corrected chi connectivity index (χ0v) is 15.7. The molecule has 1 aromatic heterocycles. The van der Waals surface area contributed by atoms with E-state index in [4.69, 9.17) is 16.3 Å². The zero-order chi connectivity index (χ0) is 18.0. The van der Waals surface area contributed by atoms with E-state index in [2.05, 4.69) is 12.0 Å². The number of amides is 1. The number of nitrogens with zero attached hydrogens (tertiary/aromatic N) is 3. The molecule has 0 spiro atoms. The van der Waals surface area contributed by atoms with Crippen molar-refractivity contribution in [1.82, 2.24) is 14.7 Å². The van der Waals surface area contributed by atoms with Crippen LogP contribution in [-0.4, -0.2) is 40.3 Å². The third-order valence-corrected chi connectivity index (χ3v) is 5.12. The number of likely N-dealkylation sites (tertiary alicyclic amines) is 1. The summed E-state index contributed by atoms with van der Waals surface area (Å²) in [5.74, 6) is 1.15. The van der Waals surface area contributed by atoms with Gasteiger partial charge >= 0.3 is 0 Å². The number of aromatic nitrogens is 2. The number of carbonyl (C=O) groups excluding carboxylic acids is 1. The van der Waals surface area contributed by atoms with Gasteiger partial charge in [0.15, 0.2) is 0 Å². The van der Waals surface area contributed by atoms with Gasteiger partial charge in [0.25, 0.3) is 5.91 Å². The monoisotopic (exact) mass is 361 g/mol. The smallest absolute Gasteiger partial charge is 0.273 e. The maximum Gasteiger partial charge on any atom is 0.273 e. The number of hydrogen-bond donors (Lipinski definition) is 0. The fourth-order valence-corrected chi connectivity index (χ4v) is 3.49. The molecule has 0 unspecified atom stereocenters. The molecule has 1 aliphatic rings. The van der Waals surface area contributed by atoms with E-state index in [9.17, 15) is 4.79 Å². The number of piperidine rings is 1. The van der Waals surface area contributed by atoms with Gasteiger partial charge in [-0.2, -0.15) is 5.10 Å². The number of benzene rings is 1. The lowest BCUT2D eigenvalue weighted by atomic mass is 9.98. The molecular formula is C19H24ClN3O2. The van der Waals surface area contributed by atoms with Gasteiger partial charge in [0, 0.05) is 26.1 Å². The van der Waals surface area contributed by atoms with Crippen LogP contribution >= 0.6 is 11.6 Å². The fraction of sp³-hybridized carbons (Fsp3) is 0.474. The molecule has 1 atom stereocenters. The Balaban J connectivity index is 1.62. The molecule has 2 heterocycles. The largest absolute Gasteiger partial charge is 0.493 e. The molecule has 134 valence electrons. The lowest BCUT2D eigenvalue weighted by molar-refractivity contribution is 0.0622. The van der Waals surface area contributed by atoms with Crippen LogP contribution in [0.25, 0.3) is 0 Å². The molecule has 0 bridgehead atoms. The second-order valence-electron chi connectivity index (χ2n) is 6.76. The molecule has 0 aliphatic carbocycles. The first kappa shape index (κ1) is 17.8. The predicted octanol–water partition coefficient (Wildman–Crippen LogP) is 3.62. The van der Waals surface area contributed by atoms with Crippen molar-refractivity contribution in [3.63, 3.8) is 0 Å². The highest BCUT2D eigenvalue weighted by Crippen LogP contribution is 2.25. The van der Waals surface area contributed by atoms with E-state index < -0.39 is 0 Å². The van der Waals surface area contributed by atoms with Crippen LogP contribution in [0.5, 0.6) is 5.75 Å². The number of carbonyl (C=O) groups is 1. The first-order valence-electron chi connectivity index (χ1n) is 8.63. The van der Waals surface area contributed by atoms with Gasteiger partial charge in [0.1, 0.15) is 11.4 Å². The third kappa shape index (κ3) is 3.98. The van der Waals surface area contributed by atoms with Crippen molar-refractivity contribution in [2.45, 2.75) is 26.7 Å². The summed E-state index contributed by atoms with van der Waals surface area (Å²) in [7, 11) is 1.76. The van der Waals surface area contributed by atoms with E-state index in [0.717, 1.165) is 25.1 Å². The number of aryl methyl sites for hydroxylation is 3. The second kappa shape index (κ2) is 7.48. The molecule has 1 saturated heterocycles. The van der Waals surface area contributed by atoms with Crippen molar-refractivity contribution < 1.29 is 9.53 Å². The summed E-state index contributed by atoms with van der Waals surface area (Å²) >= 11 is 6.26. The van der Waals surface area contributed by atoms with E-state index in [0.29, 0.717) is 35.5 Å². The predicted molar refractivity (Wildman–Crippen MR) is 98.3 cm³/mol. The molecule has 3 rings (SSSR count). The van der Waals surface area contributed by atoms with Gasteiger partial charge in [-0.1, -0.05) is 29.3 Å². The van der Waals surface area contributed by atoms with E-state index in [-0.39, 0.29) is 5.91 Å². The minimum Gasteiger partial charge on any atom is -0.493 e. The number of rotatable bonds is 4. The Kier molecular flexibility index (Phi) is 5.33. The highest BCUT2D eigenvalue weighted by atomic mass is 35.5. The third-order valence-electron chi connectivity index (χ3n) is 4.66. The molecule has 1 amide bonds. The standard InChI is InChI=1S/C19H24ClN3O2/c1-13-6-8-16(9-7-13)25-12-15-5-4-10-23(11-15)19(24)18-17(20)14(2)21-22(18)3/h6-9,15H,4-5,10-12H2,1-3H3/t15-/m0/s1. The van der Waals surface area contributed by atoms with E-state index in [1.54, 1.807) is 11.7 Å². The van der Waals surface area contributed by atoms with E-state index in [1.807, 2.05) is 36.1 Å². The molecule has 6 heteroatoms. The molecular weight excluding hydrogens is 338 g/mol. The van der Waals surface area contributed by atoms with Crippen molar-refractivity contribution in [3.8, 4) is 5.75 Å². The zero-order valence-electron chi connectivity index (χ0n) is 15.0. The minimum absolute atomic E-state index is 0.0480. The van der Waals surface area contributed by atoms with E-state index >= 15 is 0 Å². The highest BCUT2D eigenvalue weighted by Gasteiger charge is 2.29. The SMILES string of the molecule is Cc1ccc(OC[C@H]2CCCN(C(=O)c3c(Cl)c(C)nn3C)C2)cc1. The summed E-state index contributed by atoms with van der Waals surface area (Å²) in [4.78, 5) is 14.7. The van der Waals surface area contributed by atoms with Crippen LogP contribution in [0.2, 0.25) is 5.02 Å². The minimum atomic E-state index is -0.0480. The molecule has 1 aromatic carbocycles. The first-order valence-corrected chi connectivity index (χ1v) is 9.01. The Morgan fingerprint density at radius 1 is 1.32 bits per heavy atom. The van der Waals surface area contributed by atoms with Gasteiger partial charge in [-0.15, -0.1) is 0 Å². The Hall–Kier alpha value is -2.01.